The summed E-state index contributed by atoms with van der Waals surface area (Å²) in [4.78, 5) is 0. The first-order valence-corrected chi connectivity index (χ1v) is 6.65. The van der Waals surface area contributed by atoms with Gasteiger partial charge in [-0.15, -0.1) is 0 Å². The third kappa shape index (κ3) is 5.67. The van der Waals surface area contributed by atoms with Crippen LogP contribution >= 0.6 is 0 Å². The van der Waals surface area contributed by atoms with Crippen LogP contribution in [0.1, 0.15) is 73.1 Å². The summed E-state index contributed by atoms with van der Waals surface area (Å²) in [5.41, 5.74) is 0. The van der Waals surface area contributed by atoms with Crippen LogP contribution in [0.3, 0.4) is 0 Å². The van der Waals surface area contributed by atoms with Crippen molar-refractivity contribution in [1.29, 1.82) is 0 Å². The van der Waals surface area contributed by atoms with E-state index in [1.807, 2.05) is 0 Å². The molecule has 0 aromatic carbocycles. The van der Waals surface area contributed by atoms with E-state index in [0.717, 1.165) is 17.8 Å². The Bertz CT molecular complexity index is 117. The van der Waals surface area contributed by atoms with E-state index in [0.29, 0.717) is 0 Å². The number of hydrogen-bond donors (Lipinski definition) is 0. The molecule has 0 N–H and O–H groups in total. The van der Waals surface area contributed by atoms with Gasteiger partial charge in [-0.1, -0.05) is 73.1 Å². The van der Waals surface area contributed by atoms with Gasteiger partial charge in [0.15, 0.2) is 0 Å². The van der Waals surface area contributed by atoms with Crippen molar-refractivity contribution in [2.75, 3.05) is 0 Å². The van der Waals surface area contributed by atoms with Gasteiger partial charge in [0.1, 0.15) is 0 Å². The maximum Gasteiger partial charge on any atom is -0.0391 e. The fraction of sp³-hybridized carbons (Fsp3) is 1.00. The van der Waals surface area contributed by atoms with Crippen molar-refractivity contribution in [2.24, 2.45) is 17.8 Å². The van der Waals surface area contributed by atoms with Gasteiger partial charge in [0, 0.05) is 0 Å². The quantitative estimate of drug-likeness (QED) is 0.498. The van der Waals surface area contributed by atoms with Crippen LogP contribution in [0.25, 0.3) is 0 Å². The Morgan fingerprint density at radius 3 is 1.86 bits per heavy atom. The first-order chi connectivity index (χ1) is 6.65. The van der Waals surface area contributed by atoms with Gasteiger partial charge in [0.2, 0.25) is 0 Å². The molecule has 0 bridgehead atoms. The van der Waals surface area contributed by atoms with Crippen LogP contribution in [0.5, 0.6) is 0 Å². The van der Waals surface area contributed by atoms with Crippen LogP contribution < -0.4 is 0 Å². The largest absolute Gasteiger partial charge is 0.0651 e. The van der Waals surface area contributed by atoms with Crippen molar-refractivity contribution in [1.82, 2.24) is 0 Å². The minimum absolute atomic E-state index is 0.928. The van der Waals surface area contributed by atoms with Crippen LogP contribution in [0.15, 0.2) is 0 Å². The Labute approximate surface area is 91.5 Å². The molecule has 3 atom stereocenters. The summed E-state index contributed by atoms with van der Waals surface area (Å²) in [7, 11) is 0. The number of hydrogen-bond acceptors (Lipinski definition) is 0. The second-order valence-corrected chi connectivity index (χ2v) is 5.00. The molecule has 0 amide bonds. The molecule has 14 heavy (non-hydrogen) atoms. The molecule has 0 rings (SSSR count). The summed E-state index contributed by atoms with van der Waals surface area (Å²) in [6.07, 6.45) is 8.40. The summed E-state index contributed by atoms with van der Waals surface area (Å²) in [6, 6.07) is 0. The van der Waals surface area contributed by atoms with E-state index in [2.05, 4.69) is 34.6 Å². The standard InChI is InChI=1S/C14H30/c1-6-12(4)10-9-11-14(8-3)13(5)7-2/h12-14H,6-11H2,1-5H3. The minimum Gasteiger partial charge on any atom is -0.0651 e. The van der Waals surface area contributed by atoms with Gasteiger partial charge in [-0.3, -0.25) is 0 Å². The van der Waals surface area contributed by atoms with Crippen molar-refractivity contribution in [3.8, 4) is 0 Å². The lowest BCUT2D eigenvalue weighted by molar-refractivity contribution is 0.300. The van der Waals surface area contributed by atoms with Crippen molar-refractivity contribution in [3.63, 3.8) is 0 Å². The molecule has 0 aliphatic heterocycles. The van der Waals surface area contributed by atoms with Crippen LogP contribution in [0.4, 0.5) is 0 Å². The molecule has 0 heterocycles. The van der Waals surface area contributed by atoms with Crippen molar-refractivity contribution in [2.45, 2.75) is 73.1 Å². The highest BCUT2D eigenvalue weighted by Crippen LogP contribution is 2.25. The molecule has 0 nitrogen and oxygen atoms in total. The Morgan fingerprint density at radius 1 is 0.786 bits per heavy atom. The lowest BCUT2D eigenvalue weighted by atomic mass is 9.84. The average molecular weight is 198 g/mol. The lowest BCUT2D eigenvalue weighted by Gasteiger charge is -2.21. The molecule has 0 radical (unpaired) electrons. The highest BCUT2D eigenvalue weighted by atomic mass is 14.2. The molecule has 0 heteroatoms. The molecule has 0 spiro atoms. The first kappa shape index (κ1) is 14.0. The summed E-state index contributed by atoms with van der Waals surface area (Å²) in [5, 5.41) is 0. The van der Waals surface area contributed by atoms with Crippen molar-refractivity contribution < 1.29 is 0 Å². The first-order valence-electron chi connectivity index (χ1n) is 6.65. The van der Waals surface area contributed by atoms with E-state index in [1.165, 1.54) is 38.5 Å². The Hall–Kier alpha value is 0. The Balaban J connectivity index is 3.62. The minimum atomic E-state index is 0.928. The van der Waals surface area contributed by atoms with Gasteiger partial charge in [0.05, 0.1) is 0 Å². The second kappa shape index (κ2) is 8.32. The third-order valence-corrected chi connectivity index (χ3v) is 3.94. The van der Waals surface area contributed by atoms with Crippen molar-refractivity contribution >= 4 is 0 Å². The molecule has 0 saturated carbocycles. The molecule has 3 unspecified atom stereocenters. The topological polar surface area (TPSA) is 0 Å². The molecule has 86 valence electrons. The van der Waals surface area contributed by atoms with Gasteiger partial charge in [-0.2, -0.15) is 0 Å². The maximum absolute atomic E-state index is 2.41. The predicted molar refractivity (Wildman–Crippen MR) is 66.5 cm³/mol. The van der Waals surface area contributed by atoms with E-state index in [-0.39, 0.29) is 0 Å². The van der Waals surface area contributed by atoms with Crippen LogP contribution in [-0.2, 0) is 0 Å². The number of rotatable bonds is 8. The fourth-order valence-electron chi connectivity index (χ4n) is 2.16. The molecular formula is C14H30. The molecule has 0 saturated heterocycles. The van der Waals surface area contributed by atoms with Gasteiger partial charge in [-0.25, -0.2) is 0 Å². The van der Waals surface area contributed by atoms with E-state index in [9.17, 15) is 0 Å². The highest BCUT2D eigenvalue weighted by molar-refractivity contribution is 4.64. The molecule has 0 aromatic heterocycles. The van der Waals surface area contributed by atoms with E-state index >= 15 is 0 Å². The van der Waals surface area contributed by atoms with Gasteiger partial charge in [-0.05, 0) is 17.8 Å². The third-order valence-electron chi connectivity index (χ3n) is 3.94. The molecule has 0 aromatic rings. The van der Waals surface area contributed by atoms with Crippen LogP contribution in [0.2, 0.25) is 0 Å². The second-order valence-electron chi connectivity index (χ2n) is 5.00. The molecular weight excluding hydrogens is 168 g/mol. The van der Waals surface area contributed by atoms with Crippen molar-refractivity contribution in [3.05, 3.63) is 0 Å². The van der Waals surface area contributed by atoms with E-state index in [1.54, 1.807) is 0 Å². The maximum atomic E-state index is 2.41. The van der Waals surface area contributed by atoms with Crippen LogP contribution in [-0.4, -0.2) is 0 Å². The summed E-state index contributed by atoms with van der Waals surface area (Å²) in [6.45, 7) is 11.8. The Kier molecular flexibility index (Phi) is 8.32. The lowest BCUT2D eigenvalue weighted by Crippen LogP contribution is -2.10. The Morgan fingerprint density at radius 2 is 1.43 bits per heavy atom. The van der Waals surface area contributed by atoms with Gasteiger partial charge >= 0.3 is 0 Å². The molecule has 0 aliphatic carbocycles. The normalized spacial score (nSPS) is 17.8. The van der Waals surface area contributed by atoms with E-state index in [4.69, 9.17) is 0 Å². The fourth-order valence-corrected chi connectivity index (χ4v) is 2.16. The zero-order valence-corrected chi connectivity index (χ0v) is 11.0. The summed E-state index contributed by atoms with van der Waals surface area (Å²) >= 11 is 0. The molecule has 0 aliphatic rings. The summed E-state index contributed by atoms with van der Waals surface area (Å²) in [5.74, 6) is 2.84. The monoisotopic (exact) mass is 198 g/mol. The SMILES string of the molecule is CCC(C)CCCC(CC)C(C)CC. The summed E-state index contributed by atoms with van der Waals surface area (Å²) < 4.78 is 0. The predicted octanol–water partition coefficient (Wildman–Crippen LogP) is 5.28. The molecule has 0 fully saturated rings. The van der Waals surface area contributed by atoms with Crippen LogP contribution in [0, 0.1) is 17.8 Å². The smallest absolute Gasteiger partial charge is 0.0391 e. The zero-order valence-electron chi connectivity index (χ0n) is 11.0. The average Bonchev–Trinajstić information content (AvgIpc) is 2.22. The highest BCUT2D eigenvalue weighted by Gasteiger charge is 2.13. The van der Waals surface area contributed by atoms with Gasteiger partial charge in [0.25, 0.3) is 0 Å². The van der Waals surface area contributed by atoms with Gasteiger partial charge < -0.3 is 0 Å². The zero-order chi connectivity index (χ0) is 11.0. The van der Waals surface area contributed by atoms with E-state index < -0.39 is 0 Å².